The molecule has 4 aromatic rings. The molecular formula is C21H17ClN4O2. The molecule has 6 nitrogen and oxygen atoms in total. The van der Waals surface area contributed by atoms with Crippen LogP contribution in [0.15, 0.2) is 72.9 Å². The van der Waals surface area contributed by atoms with Crippen LogP contribution < -0.4 is 10.1 Å². The van der Waals surface area contributed by atoms with Crippen molar-refractivity contribution in [3.05, 3.63) is 89.3 Å². The topological polar surface area (TPSA) is 68.5 Å². The maximum absolute atomic E-state index is 12.1. The van der Waals surface area contributed by atoms with Gasteiger partial charge in [0, 0.05) is 23.3 Å². The molecule has 2 aromatic heterocycles. The number of nitrogens with zero attached hydrogens (tertiary/aromatic N) is 3. The highest BCUT2D eigenvalue weighted by molar-refractivity contribution is 6.30. The first-order valence-electron chi connectivity index (χ1n) is 8.73. The molecule has 0 unspecified atom stereocenters. The van der Waals surface area contributed by atoms with E-state index >= 15 is 0 Å². The van der Waals surface area contributed by atoms with Gasteiger partial charge in [-0.1, -0.05) is 29.8 Å². The predicted octanol–water partition coefficient (Wildman–Crippen LogP) is 3.99. The lowest BCUT2D eigenvalue weighted by Crippen LogP contribution is -2.20. The average molecular weight is 393 g/mol. The van der Waals surface area contributed by atoms with Crippen molar-refractivity contribution in [2.45, 2.75) is 6.42 Å². The third-order valence-electron chi connectivity index (χ3n) is 4.17. The number of fused-ring (bicyclic) bond motifs is 1. The number of benzene rings is 2. The van der Waals surface area contributed by atoms with E-state index in [4.69, 9.17) is 16.3 Å². The van der Waals surface area contributed by atoms with Crippen LogP contribution in [-0.4, -0.2) is 27.1 Å². The molecule has 1 N–H and O–H groups in total. The lowest BCUT2D eigenvalue weighted by Gasteiger charge is -2.08. The summed E-state index contributed by atoms with van der Waals surface area (Å²) in [6, 6.07) is 20.3. The quantitative estimate of drug-likeness (QED) is 0.538. The van der Waals surface area contributed by atoms with Gasteiger partial charge < -0.3 is 10.1 Å². The van der Waals surface area contributed by atoms with E-state index in [9.17, 15) is 4.79 Å². The lowest BCUT2D eigenvalue weighted by atomic mass is 10.1. The maximum Gasteiger partial charge on any atom is 0.262 e. The van der Waals surface area contributed by atoms with E-state index in [-0.39, 0.29) is 12.5 Å². The van der Waals surface area contributed by atoms with Crippen LogP contribution in [0.3, 0.4) is 0 Å². The molecule has 0 spiro atoms. The molecule has 0 saturated carbocycles. The Morgan fingerprint density at radius 2 is 1.79 bits per heavy atom. The van der Waals surface area contributed by atoms with Crippen molar-refractivity contribution in [2.24, 2.45) is 0 Å². The number of halogens is 1. The zero-order chi connectivity index (χ0) is 19.3. The van der Waals surface area contributed by atoms with Crippen molar-refractivity contribution in [3.63, 3.8) is 0 Å². The molecule has 1 amide bonds. The maximum atomic E-state index is 12.1. The molecule has 0 aliphatic carbocycles. The fourth-order valence-electron chi connectivity index (χ4n) is 2.78. The summed E-state index contributed by atoms with van der Waals surface area (Å²) in [5.41, 5.74) is 2.61. The van der Waals surface area contributed by atoms with Gasteiger partial charge in [0.1, 0.15) is 11.6 Å². The van der Waals surface area contributed by atoms with E-state index in [1.54, 1.807) is 24.3 Å². The molecule has 4 rings (SSSR count). The zero-order valence-electron chi connectivity index (χ0n) is 14.9. The van der Waals surface area contributed by atoms with Crippen molar-refractivity contribution in [3.8, 4) is 5.75 Å². The van der Waals surface area contributed by atoms with Crippen LogP contribution in [-0.2, 0) is 11.2 Å². The second-order valence-electron chi connectivity index (χ2n) is 6.21. The van der Waals surface area contributed by atoms with E-state index in [2.05, 4.69) is 15.5 Å². The van der Waals surface area contributed by atoms with Gasteiger partial charge in [-0.05, 0) is 54.1 Å². The fourth-order valence-corrected chi connectivity index (χ4v) is 2.90. The molecule has 28 heavy (non-hydrogen) atoms. The highest BCUT2D eigenvalue weighted by Crippen LogP contribution is 2.16. The van der Waals surface area contributed by atoms with Gasteiger partial charge in [0.15, 0.2) is 12.3 Å². The Kier molecular flexibility index (Phi) is 5.21. The zero-order valence-corrected chi connectivity index (χ0v) is 15.6. The average Bonchev–Trinajstić information content (AvgIpc) is 3.12. The molecule has 0 saturated heterocycles. The lowest BCUT2D eigenvalue weighted by molar-refractivity contribution is -0.118. The van der Waals surface area contributed by atoms with Crippen LogP contribution >= 0.6 is 11.6 Å². The Labute approximate surface area is 166 Å². The van der Waals surface area contributed by atoms with Crippen LogP contribution in [0.1, 0.15) is 11.4 Å². The minimum absolute atomic E-state index is 0.0743. The highest BCUT2D eigenvalue weighted by atomic mass is 35.5. The molecule has 0 aliphatic rings. The number of nitrogens with one attached hydrogen (secondary N) is 1. The van der Waals surface area contributed by atoms with Gasteiger partial charge in [0.05, 0.1) is 0 Å². The van der Waals surface area contributed by atoms with E-state index in [1.165, 1.54) is 0 Å². The van der Waals surface area contributed by atoms with Crippen LogP contribution in [0.25, 0.3) is 5.65 Å². The second-order valence-corrected chi connectivity index (χ2v) is 6.65. The number of rotatable bonds is 6. The number of aromatic nitrogens is 3. The third kappa shape index (κ3) is 4.29. The Morgan fingerprint density at radius 1 is 1.00 bits per heavy atom. The van der Waals surface area contributed by atoms with Crippen LogP contribution in [0.2, 0.25) is 5.02 Å². The van der Waals surface area contributed by atoms with Gasteiger partial charge in [0.2, 0.25) is 0 Å². The summed E-state index contributed by atoms with van der Waals surface area (Å²) in [6.45, 7) is -0.0743. The largest absolute Gasteiger partial charge is 0.484 e. The van der Waals surface area contributed by atoms with E-state index in [0.717, 1.165) is 17.0 Å². The predicted molar refractivity (Wildman–Crippen MR) is 108 cm³/mol. The first kappa shape index (κ1) is 18.0. The molecule has 7 heteroatoms. The highest BCUT2D eigenvalue weighted by Gasteiger charge is 2.07. The smallest absolute Gasteiger partial charge is 0.262 e. The minimum atomic E-state index is -0.230. The number of pyridine rings is 1. The number of carbonyl (C=O) groups excluding carboxylic acids is 1. The van der Waals surface area contributed by atoms with Gasteiger partial charge in [-0.25, -0.2) is 0 Å². The monoisotopic (exact) mass is 392 g/mol. The molecule has 0 aliphatic heterocycles. The van der Waals surface area contributed by atoms with Crippen LogP contribution in [0, 0.1) is 0 Å². The summed E-state index contributed by atoms with van der Waals surface area (Å²) in [7, 11) is 0. The molecule has 140 valence electrons. The van der Waals surface area contributed by atoms with Crippen LogP contribution in [0.4, 0.5) is 5.69 Å². The van der Waals surface area contributed by atoms with Crippen LogP contribution in [0.5, 0.6) is 5.75 Å². The summed E-state index contributed by atoms with van der Waals surface area (Å²) in [5.74, 6) is 1.23. The number of carbonyl (C=O) groups is 1. The van der Waals surface area contributed by atoms with Crippen molar-refractivity contribution in [1.29, 1.82) is 0 Å². The second kappa shape index (κ2) is 8.10. The normalized spacial score (nSPS) is 10.8. The molecule has 2 heterocycles. The van der Waals surface area contributed by atoms with Gasteiger partial charge in [-0.3, -0.25) is 9.20 Å². The van der Waals surface area contributed by atoms with E-state index in [1.807, 2.05) is 53.1 Å². The first-order chi connectivity index (χ1) is 13.7. The van der Waals surface area contributed by atoms with Crippen molar-refractivity contribution >= 4 is 28.8 Å². The van der Waals surface area contributed by atoms with Gasteiger partial charge >= 0.3 is 0 Å². The fraction of sp³-hybridized carbons (Fsp3) is 0.0952. The Morgan fingerprint density at radius 3 is 2.57 bits per heavy atom. The van der Waals surface area contributed by atoms with E-state index in [0.29, 0.717) is 22.9 Å². The number of hydrogen-bond acceptors (Lipinski definition) is 4. The standard InChI is InChI=1S/C21H17ClN4O2/c22-16-6-10-18(11-7-16)28-14-21(27)23-17-8-4-15(5-9-17)13-20-25-24-19-3-1-2-12-26(19)20/h1-12H,13-14H2,(H,23,27). The molecule has 0 atom stereocenters. The first-order valence-corrected chi connectivity index (χ1v) is 9.11. The number of ether oxygens (including phenoxy) is 1. The Hall–Kier alpha value is -3.38. The summed E-state index contributed by atoms with van der Waals surface area (Å²) < 4.78 is 7.40. The molecule has 0 radical (unpaired) electrons. The van der Waals surface area contributed by atoms with Gasteiger partial charge in [-0.15, -0.1) is 10.2 Å². The summed E-state index contributed by atoms with van der Waals surface area (Å²) in [5, 5.41) is 11.8. The molecule has 0 bridgehead atoms. The SMILES string of the molecule is O=C(COc1ccc(Cl)cc1)Nc1ccc(Cc2nnc3ccccn23)cc1. The Balaban J connectivity index is 1.34. The molecule has 0 fully saturated rings. The third-order valence-corrected chi connectivity index (χ3v) is 4.42. The van der Waals surface area contributed by atoms with Crippen molar-refractivity contribution in [2.75, 3.05) is 11.9 Å². The van der Waals surface area contributed by atoms with Crippen molar-refractivity contribution < 1.29 is 9.53 Å². The molecule has 2 aromatic carbocycles. The number of hydrogen-bond donors (Lipinski definition) is 1. The van der Waals surface area contributed by atoms with Gasteiger partial charge in [0.25, 0.3) is 5.91 Å². The van der Waals surface area contributed by atoms with Crippen molar-refractivity contribution in [1.82, 2.24) is 14.6 Å². The number of amides is 1. The Bertz CT molecular complexity index is 1090. The molecular weight excluding hydrogens is 376 g/mol. The summed E-state index contributed by atoms with van der Waals surface area (Å²) >= 11 is 5.82. The number of anilines is 1. The van der Waals surface area contributed by atoms with E-state index < -0.39 is 0 Å². The summed E-state index contributed by atoms with van der Waals surface area (Å²) in [4.78, 5) is 12.1. The summed E-state index contributed by atoms with van der Waals surface area (Å²) in [6.07, 6.45) is 2.60. The van der Waals surface area contributed by atoms with Gasteiger partial charge in [-0.2, -0.15) is 0 Å². The minimum Gasteiger partial charge on any atom is -0.484 e.